The summed E-state index contributed by atoms with van der Waals surface area (Å²) in [6.45, 7) is 3.97. The van der Waals surface area contributed by atoms with Crippen molar-refractivity contribution < 1.29 is 9.90 Å². The molecule has 1 saturated heterocycles. The Morgan fingerprint density at radius 3 is 3.06 bits per heavy atom. The molecule has 0 spiro atoms. The molecule has 1 aliphatic heterocycles. The maximum absolute atomic E-state index is 11.0. The minimum atomic E-state index is -1.01. The minimum absolute atomic E-state index is 0.122. The van der Waals surface area contributed by atoms with Gasteiger partial charge in [0.15, 0.2) is 0 Å². The Morgan fingerprint density at radius 1 is 1.71 bits per heavy atom. The molecule has 1 unspecified atom stereocenters. The zero-order valence-electron chi connectivity index (χ0n) is 9.69. The van der Waals surface area contributed by atoms with E-state index in [0.29, 0.717) is 11.7 Å². The predicted molar refractivity (Wildman–Crippen MR) is 66.8 cm³/mol. The lowest BCUT2D eigenvalue weighted by atomic mass is 10.1. The van der Waals surface area contributed by atoms with Crippen LogP contribution in [-0.2, 0) is 0 Å². The summed E-state index contributed by atoms with van der Waals surface area (Å²) in [6.07, 6.45) is 3.75. The molecule has 0 aliphatic carbocycles. The summed E-state index contributed by atoms with van der Waals surface area (Å²) < 4.78 is 0. The molecular weight excluding hydrogens is 240 g/mol. The molecule has 1 aliphatic rings. The zero-order chi connectivity index (χ0) is 12.4. The molecule has 0 amide bonds. The first-order valence-electron chi connectivity index (χ1n) is 5.76. The van der Waals surface area contributed by atoms with Crippen molar-refractivity contribution in [2.75, 3.05) is 18.0 Å². The number of anilines is 1. The molecule has 0 bridgehead atoms. The number of aromatic nitrogens is 1. The van der Waals surface area contributed by atoms with Gasteiger partial charge in [-0.05, 0) is 18.4 Å². The fourth-order valence-corrected chi connectivity index (χ4v) is 2.49. The number of halogens is 1. The molecule has 1 aromatic rings. The molecule has 92 valence electrons. The van der Waals surface area contributed by atoms with E-state index in [1.807, 2.05) is 0 Å². The van der Waals surface area contributed by atoms with Gasteiger partial charge in [-0.15, -0.1) is 0 Å². The van der Waals surface area contributed by atoms with Crippen molar-refractivity contribution >= 4 is 23.4 Å². The van der Waals surface area contributed by atoms with E-state index in [9.17, 15) is 4.79 Å². The van der Waals surface area contributed by atoms with E-state index in [1.165, 1.54) is 12.3 Å². The Balaban J connectivity index is 2.28. The number of hydrogen-bond donors (Lipinski definition) is 1. The monoisotopic (exact) mass is 254 g/mol. The van der Waals surface area contributed by atoms with E-state index in [4.69, 9.17) is 16.7 Å². The average Bonchev–Trinajstić information content (AvgIpc) is 2.77. The van der Waals surface area contributed by atoms with Crippen molar-refractivity contribution in [2.45, 2.75) is 19.8 Å². The second kappa shape index (κ2) is 4.92. The molecule has 1 fully saturated rings. The SMILES string of the molecule is CCC1CCN(c2nccc(C(=O)O)c2Cl)C1. The Hall–Kier alpha value is -1.29. The van der Waals surface area contributed by atoms with E-state index in [0.717, 1.165) is 25.9 Å². The highest BCUT2D eigenvalue weighted by Crippen LogP contribution is 2.31. The van der Waals surface area contributed by atoms with E-state index >= 15 is 0 Å². The van der Waals surface area contributed by atoms with E-state index < -0.39 is 5.97 Å². The quantitative estimate of drug-likeness (QED) is 0.901. The fraction of sp³-hybridized carbons (Fsp3) is 0.500. The molecule has 2 heterocycles. The van der Waals surface area contributed by atoms with Crippen LogP contribution >= 0.6 is 11.6 Å². The third-order valence-electron chi connectivity index (χ3n) is 3.26. The number of carboxylic acids is 1. The normalized spacial score (nSPS) is 19.6. The predicted octanol–water partition coefficient (Wildman–Crippen LogP) is 2.67. The van der Waals surface area contributed by atoms with Gasteiger partial charge in [0, 0.05) is 19.3 Å². The van der Waals surface area contributed by atoms with Gasteiger partial charge < -0.3 is 10.0 Å². The van der Waals surface area contributed by atoms with Crippen LogP contribution < -0.4 is 4.90 Å². The minimum Gasteiger partial charge on any atom is -0.478 e. The molecule has 2 rings (SSSR count). The smallest absolute Gasteiger partial charge is 0.337 e. The molecule has 0 radical (unpaired) electrons. The third-order valence-corrected chi connectivity index (χ3v) is 3.64. The highest BCUT2D eigenvalue weighted by molar-refractivity contribution is 6.35. The van der Waals surface area contributed by atoms with Crippen LogP contribution in [0.15, 0.2) is 12.3 Å². The first-order valence-corrected chi connectivity index (χ1v) is 6.14. The molecule has 0 saturated carbocycles. The van der Waals surface area contributed by atoms with Gasteiger partial charge >= 0.3 is 5.97 Å². The first-order chi connectivity index (χ1) is 8.13. The summed E-state index contributed by atoms with van der Waals surface area (Å²) in [5.74, 6) is 0.244. The van der Waals surface area contributed by atoms with Crippen molar-refractivity contribution in [1.82, 2.24) is 4.98 Å². The highest BCUT2D eigenvalue weighted by atomic mass is 35.5. The summed E-state index contributed by atoms with van der Waals surface area (Å²) in [4.78, 5) is 17.3. The second-order valence-corrected chi connectivity index (χ2v) is 4.69. The largest absolute Gasteiger partial charge is 0.478 e. The van der Waals surface area contributed by atoms with Gasteiger partial charge in [0.05, 0.1) is 10.6 Å². The van der Waals surface area contributed by atoms with Crippen LogP contribution in [0.1, 0.15) is 30.1 Å². The van der Waals surface area contributed by atoms with Gasteiger partial charge in [0.25, 0.3) is 0 Å². The number of hydrogen-bond acceptors (Lipinski definition) is 3. The Kier molecular flexibility index (Phi) is 3.52. The fourth-order valence-electron chi connectivity index (χ4n) is 2.18. The topological polar surface area (TPSA) is 53.4 Å². The zero-order valence-corrected chi connectivity index (χ0v) is 10.4. The maximum atomic E-state index is 11.0. The Bertz CT molecular complexity index is 437. The van der Waals surface area contributed by atoms with Gasteiger partial charge in [-0.25, -0.2) is 9.78 Å². The molecular formula is C12H15ClN2O2. The van der Waals surface area contributed by atoms with E-state index in [1.54, 1.807) is 0 Å². The van der Waals surface area contributed by atoms with Gasteiger partial charge in [0.1, 0.15) is 5.82 Å². The van der Waals surface area contributed by atoms with Gasteiger partial charge in [-0.3, -0.25) is 0 Å². The van der Waals surface area contributed by atoms with Crippen LogP contribution in [0.4, 0.5) is 5.82 Å². The highest BCUT2D eigenvalue weighted by Gasteiger charge is 2.25. The molecule has 1 N–H and O–H groups in total. The third kappa shape index (κ3) is 2.36. The molecule has 1 atom stereocenters. The summed E-state index contributed by atoms with van der Waals surface area (Å²) in [6, 6.07) is 1.43. The standard InChI is InChI=1S/C12H15ClN2O2/c1-2-8-4-6-15(7-8)11-10(13)9(12(16)17)3-5-14-11/h3,5,8H,2,4,6-7H2,1H3,(H,16,17). The molecule has 0 aromatic carbocycles. The van der Waals surface area contributed by atoms with Crippen molar-refractivity contribution in [2.24, 2.45) is 5.92 Å². The molecule has 17 heavy (non-hydrogen) atoms. The number of rotatable bonds is 3. The molecule has 1 aromatic heterocycles. The lowest BCUT2D eigenvalue weighted by Gasteiger charge is -2.19. The summed E-state index contributed by atoms with van der Waals surface area (Å²) in [5, 5.41) is 9.25. The van der Waals surface area contributed by atoms with Crippen LogP contribution in [0.25, 0.3) is 0 Å². The summed E-state index contributed by atoms with van der Waals surface area (Å²) in [5.41, 5.74) is 0.122. The van der Waals surface area contributed by atoms with Crippen molar-refractivity contribution in [3.8, 4) is 0 Å². The van der Waals surface area contributed by atoms with Crippen molar-refractivity contribution in [3.63, 3.8) is 0 Å². The van der Waals surface area contributed by atoms with E-state index in [-0.39, 0.29) is 10.6 Å². The van der Waals surface area contributed by atoms with E-state index in [2.05, 4.69) is 16.8 Å². The lowest BCUT2D eigenvalue weighted by molar-refractivity contribution is 0.0697. The number of carboxylic acid groups (broad SMARTS) is 1. The number of carbonyl (C=O) groups is 1. The Morgan fingerprint density at radius 2 is 2.47 bits per heavy atom. The second-order valence-electron chi connectivity index (χ2n) is 4.31. The number of pyridine rings is 1. The molecule has 5 heteroatoms. The maximum Gasteiger partial charge on any atom is 0.337 e. The number of aromatic carboxylic acids is 1. The van der Waals surface area contributed by atoms with Crippen LogP contribution in [0, 0.1) is 5.92 Å². The summed E-state index contributed by atoms with van der Waals surface area (Å²) in [7, 11) is 0. The average molecular weight is 255 g/mol. The lowest BCUT2D eigenvalue weighted by Crippen LogP contribution is -2.21. The Labute approximate surface area is 105 Å². The number of nitrogens with zero attached hydrogens (tertiary/aromatic N) is 2. The van der Waals surface area contributed by atoms with Crippen LogP contribution in [0.5, 0.6) is 0 Å². The summed E-state index contributed by atoms with van der Waals surface area (Å²) >= 11 is 6.09. The molecule has 4 nitrogen and oxygen atoms in total. The van der Waals surface area contributed by atoms with Crippen LogP contribution in [0.3, 0.4) is 0 Å². The van der Waals surface area contributed by atoms with Gasteiger partial charge in [-0.1, -0.05) is 24.9 Å². The van der Waals surface area contributed by atoms with Crippen LogP contribution in [-0.4, -0.2) is 29.1 Å². The first kappa shape index (κ1) is 12.2. The van der Waals surface area contributed by atoms with Crippen molar-refractivity contribution in [3.05, 3.63) is 22.8 Å². The van der Waals surface area contributed by atoms with Crippen LogP contribution in [0.2, 0.25) is 5.02 Å². The van der Waals surface area contributed by atoms with Crippen molar-refractivity contribution in [1.29, 1.82) is 0 Å². The van der Waals surface area contributed by atoms with Gasteiger partial charge in [-0.2, -0.15) is 0 Å². The van der Waals surface area contributed by atoms with Gasteiger partial charge in [0.2, 0.25) is 0 Å².